The molecule has 5 rings (SSSR count). The Morgan fingerprint density at radius 3 is 2.47 bits per heavy atom. The van der Waals surface area contributed by atoms with Gasteiger partial charge < -0.3 is 4.74 Å². The van der Waals surface area contributed by atoms with Crippen LogP contribution in [0.15, 0.2) is 100 Å². The lowest BCUT2D eigenvalue weighted by atomic mass is 10.1. The molecule has 4 aromatic carbocycles. The van der Waals surface area contributed by atoms with E-state index in [-0.39, 0.29) is 5.91 Å². The van der Waals surface area contributed by atoms with Crippen molar-refractivity contribution in [2.24, 2.45) is 5.10 Å². The number of nitrogens with zero attached hydrogens (tertiary/aromatic N) is 2. The van der Waals surface area contributed by atoms with E-state index in [1.54, 1.807) is 0 Å². The average Bonchev–Trinajstić information content (AvgIpc) is 3.12. The summed E-state index contributed by atoms with van der Waals surface area (Å²) < 4.78 is 7.97. The Bertz CT molecular complexity index is 1440. The molecule has 0 bridgehead atoms. The van der Waals surface area contributed by atoms with Gasteiger partial charge in [0.05, 0.1) is 25.0 Å². The van der Waals surface area contributed by atoms with Crippen molar-refractivity contribution in [3.8, 4) is 5.75 Å². The van der Waals surface area contributed by atoms with Crippen molar-refractivity contribution >= 4 is 72.7 Å². The summed E-state index contributed by atoms with van der Waals surface area (Å²) in [6.45, 7) is 2.32. The van der Waals surface area contributed by atoms with Crippen LogP contribution in [-0.2, 0) is 11.4 Å². The fourth-order valence-electron chi connectivity index (χ4n) is 3.88. The van der Waals surface area contributed by atoms with Gasteiger partial charge in [0, 0.05) is 0 Å². The number of carbonyl (C=O) groups is 1. The molecule has 0 atom stereocenters. The van der Waals surface area contributed by atoms with E-state index < -0.39 is 0 Å². The van der Waals surface area contributed by atoms with Gasteiger partial charge in [0.2, 0.25) is 0 Å². The number of benzene rings is 4. The van der Waals surface area contributed by atoms with Gasteiger partial charge in [0.1, 0.15) is 12.4 Å². The summed E-state index contributed by atoms with van der Waals surface area (Å²) in [6, 6.07) is 28.1. The van der Waals surface area contributed by atoms with Gasteiger partial charge in [-0.3, -0.25) is 4.79 Å². The molecule has 34 heavy (non-hydrogen) atoms. The van der Waals surface area contributed by atoms with Gasteiger partial charge >= 0.3 is 0 Å². The molecule has 0 unspecified atom stereocenters. The number of hydrogen-bond acceptors (Lipinski definition) is 3. The summed E-state index contributed by atoms with van der Waals surface area (Å²) >= 11 is 5.92. The topological polar surface area (TPSA) is 41.9 Å². The highest BCUT2D eigenvalue weighted by Crippen LogP contribution is 2.34. The van der Waals surface area contributed by atoms with E-state index in [1.807, 2.05) is 67.6 Å². The quantitative estimate of drug-likeness (QED) is 0.170. The summed E-state index contributed by atoms with van der Waals surface area (Å²) in [5.41, 5.74) is 4.04. The predicted octanol–water partition coefficient (Wildman–Crippen LogP) is 7.59. The number of halogens is 2. The number of amides is 1. The minimum atomic E-state index is -0.133. The molecule has 0 spiro atoms. The molecule has 168 valence electrons. The second-order valence-electron chi connectivity index (χ2n) is 7.98. The normalized spacial score (nSPS) is 14.7. The van der Waals surface area contributed by atoms with Crippen molar-refractivity contribution in [2.45, 2.75) is 13.5 Å². The number of carbonyl (C=O) groups excluding carboxylic acids is 1. The molecule has 0 aromatic heterocycles. The zero-order valence-corrected chi connectivity index (χ0v) is 22.1. The molecule has 1 heterocycles. The predicted molar refractivity (Wildman–Crippen MR) is 150 cm³/mol. The number of fused-ring (bicyclic) bond motifs is 1. The third kappa shape index (κ3) is 4.65. The molecule has 1 aliphatic rings. The lowest BCUT2D eigenvalue weighted by Gasteiger charge is -2.13. The number of para-hydroxylation sites is 1. The molecule has 0 radical (unpaired) electrons. The van der Waals surface area contributed by atoms with E-state index in [0.717, 1.165) is 30.6 Å². The molecule has 0 saturated heterocycles. The summed E-state index contributed by atoms with van der Waals surface area (Å²) in [5.74, 6) is 0.649. The molecule has 1 amide bonds. The molecule has 0 fully saturated rings. The summed E-state index contributed by atoms with van der Waals surface area (Å²) in [6.07, 6.45) is 1.88. The first kappa shape index (κ1) is 22.8. The molecule has 0 N–H and O–H groups in total. The average molecular weight is 623 g/mol. The SMILES string of the molecule is CC1=NN(c2ccccc2)C(=O)/C1=C/c1cc(Br)c(OCc2ccc3ccccc3c2)c(I)c1. The Hall–Kier alpha value is -2.97. The maximum absolute atomic E-state index is 13.0. The van der Waals surface area contributed by atoms with E-state index in [2.05, 4.69) is 74.0 Å². The maximum Gasteiger partial charge on any atom is 0.280 e. The van der Waals surface area contributed by atoms with Crippen molar-refractivity contribution in [1.29, 1.82) is 0 Å². The second kappa shape index (κ2) is 9.72. The van der Waals surface area contributed by atoms with Crippen LogP contribution in [0.5, 0.6) is 5.75 Å². The fourth-order valence-corrected chi connectivity index (χ4v) is 5.65. The second-order valence-corrected chi connectivity index (χ2v) is 10.00. The third-order valence-corrected chi connectivity index (χ3v) is 6.98. The maximum atomic E-state index is 13.0. The third-order valence-electron chi connectivity index (χ3n) is 5.59. The van der Waals surface area contributed by atoms with Gasteiger partial charge in [-0.1, -0.05) is 54.6 Å². The van der Waals surface area contributed by atoms with Gasteiger partial charge in [-0.05, 0) is 104 Å². The lowest BCUT2D eigenvalue weighted by molar-refractivity contribution is -0.114. The van der Waals surface area contributed by atoms with Gasteiger partial charge in [-0.25, -0.2) is 0 Å². The molecule has 6 heteroatoms. The Labute approximate surface area is 220 Å². The molecule has 4 aromatic rings. The Balaban J connectivity index is 1.36. The van der Waals surface area contributed by atoms with E-state index in [1.165, 1.54) is 15.8 Å². The van der Waals surface area contributed by atoms with Crippen molar-refractivity contribution in [3.63, 3.8) is 0 Å². The van der Waals surface area contributed by atoms with Gasteiger partial charge in [0.25, 0.3) is 5.91 Å². The first-order valence-corrected chi connectivity index (χ1v) is 12.6. The lowest BCUT2D eigenvalue weighted by Crippen LogP contribution is -2.21. The minimum absolute atomic E-state index is 0.133. The molecular weight excluding hydrogens is 603 g/mol. The van der Waals surface area contributed by atoms with Crippen LogP contribution >= 0.6 is 38.5 Å². The van der Waals surface area contributed by atoms with Gasteiger partial charge in [0.15, 0.2) is 0 Å². The number of hydrazone groups is 1. The Kier molecular flexibility index (Phi) is 6.52. The molecule has 0 saturated carbocycles. The minimum Gasteiger partial charge on any atom is -0.487 e. The first-order chi connectivity index (χ1) is 16.5. The molecule has 1 aliphatic heterocycles. The number of anilines is 1. The largest absolute Gasteiger partial charge is 0.487 e. The van der Waals surface area contributed by atoms with Crippen molar-refractivity contribution in [3.05, 3.63) is 110 Å². The van der Waals surface area contributed by atoms with Crippen LogP contribution in [0.25, 0.3) is 16.8 Å². The monoisotopic (exact) mass is 622 g/mol. The summed E-state index contributed by atoms with van der Waals surface area (Å²) in [7, 11) is 0. The van der Waals surface area contributed by atoms with Gasteiger partial charge in [-0.15, -0.1) is 0 Å². The van der Waals surface area contributed by atoms with Crippen molar-refractivity contribution < 1.29 is 9.53 Å². The van der Waals surface area contributed by atoms with Crippen LogP contribution in [0.2, 0.25) is 0 Å². The van der Waals surface area contributed by atoms with Gasteiger partial charge in [-0.2, -0.15) is 10.1 Å². The van der Waals surface area contributed by atoms with E-state index >= 15 is 0 Å². The van der Waals surface area contributed by atoms with Crippen LogP contribution in [0, 0.1) is 3.57 Å². The molecular formula is C28H20BrIN2O2. The van der Waals surface area contributed by atoms with Crippen LogP contribution in [-0.4, -0.2) is 11.6 Å². The highest BCUT2D eigenvalue weighted by Gasteiger charge is 2.28. The highest BCUT2D eigenvalue weighted by atomic mass is 127. The standard InChI is InChI=1S/C28H20BrIN2O2/c1-18-24(28(33)32(31-18)23-9-3-2-4-10-23)14-20-15-25(29)27(26(30)16-20)34-17-19-11-12-21-7-5-6-8-22(21)13-19/h2-16H,17H2,1H3/b24-14+. The van der Waals surface area contributed by atoms with E-state index in [4.69, 9.17) is 4.74 Å². The fraction of sp³-hybridized carbons (Fsp3) is 0.0714. The van der Waals surface area contributed by atoms with Crippen LogP contribution in [0.3, 0.4) is 0 Å². The molecule has 4 nitrogen and oxygen atoms in total. The zero-order chi connectivity index (χ0) is 23.7. The van der Waals surface area contributed by atoms with Crippen molar-refractivity contribution in [1.82, 2.24) is 0 Å². The number of ether oxygens (including phenoxy) is 1. The van der Waals surface area contributed by atoms with Crippen LogP contribution in [0.1, 0.15) is 18.1 Å². The van der Waals surface area contributed by atoms with Crippen LogP contribution in [0.4, 0.5) is 5.69 Å². The smallest absolute Gasteiger partial charge is 0.280 e. The van der Waals surface area contributed by atoms with Crippen LogP contribution < -0.4 is 9.75 Å². The van der Waals surface area contributed by atoms with E-state index in [0.29, 0.717) is 17.9 Å². The van der Waals surface area contributed by atoms with Crippen molar-refractivity contribution in [2.75, 3.05) is 5.01 Å². The number of hydrogen-bond donors (Lipinski definition) is 0. The summed E-state index contributed by atoms with van der Waals surface area (Å²) in [4.78, 5) is 13.0. The number of rotatable bonds is 5. The Morgan fingerprint density at radius 1 is 0.971 bits per heavy atom. The Morgan fingerprint density at radius 2 is 1.71 bits per heavy atom. The zero-order valence-electron chi connectivity index (χ0n) is 18.3. The summed E-state index contributed by atoms with van der Waals surface area (Å²) in [5, 5.41) is 8.31. The molecule has 0 aliphatic carbocycles. The first-order valence-electron chi connectivity index (χ1n) is 10.8. The highest BCUT2D eigenvalue weighted by molar-refractivity contribution is 14.1. The van der Waals surface area contributed by atoms with E-state index in [9.17, 15) is 4.79 Å².